The molecule has 2 aromatic rings. The lowest BCUT2D eigenvalue weighted by Gasteiger charge is -2.23. The molecule has 2 aromatic heterocycles. The Balaban J connectivity index is 1.82. The highest BCUT2D eigenvalue weighted by atomic mass is 35.5. The smallest absolute Gasteiger partial charge is 0.281 e. The van der Waals surface area contributed by atoms with Gasteiger partial charge in [-0.3, -0.25) is 9.69 Å². The second-order valence-corrected chi connectivity index (χ2v) is 6.08. The molecule has 0 aromatic carbocycles. The normalized spacial score (nSPS) is 15.6. The second kappa shape index (κ2) is 6.64. The summed E-state index contributed by atoms with van der Waals surface area (Å²) in [5.41, 5.74) is 1.16. The predicted octanol–water partition coefficient (Wildman–Crippen LogP) is 1.84. The van der Waals surface area contributed by atoms with Crippen LogP contribution in [0.4, 0.5) is 5.82 Å². The van der Waals surface area contributed by atoms with Crippen LogP contribution in [0.25, 0.3) is 0 Å². The first-order chi connectivity index (χ1) is 11.1. The van der Waals surface area contributed by atoms with E-state index in [1.165, 1.54) is 11.1 Å². The molecule has 7 nitrogen and oxygen atoms in total. The molecular formula is C15H19ClN6O. The standard InChI is InChI=1S/C15H19ClN6O/c1-10-14(19-20-22(10)12-5-7-17-8-6-12)15(23)21(2)13-4-3-11(16)9-18-13/h3-4,9,12,17H,5-8H2,1-2H3. The fourth-order valence-corrected chi connectivity index (χ4v) is 2.88. The molecule has 1 aliphatic rings. The summed E-state index contributed by atoms with van der Waals surface area (Å²) in [6, 6.07) is 3.70. The van der Waals surface area contributed by atoms with Gasteiger partial charge in [0, 0.05) is 13.2 Å². The quantitative estimate of drug-likeness (QED) is 0.926. The number of nitrogens with zero attached hydrogens (tertiary/aromatic N) is 5. The van der Waals surface area contributed by atoms with E-state index in [9.17, 15) is 4.79 Å². The molecule has 0 bridgehead atoms. The molecule has 3 heterocycles. The van der Waals surface area contributed by atoms with Crippen LogP contribution in [0.5, 0.6) is 0 Å². The number of hydrogen-bond acceptors (Lipinski definition) is 5. The molecule has 3 rings (SSSR count). The van der Waals surface area contributed by atoms with E-state index in [2.05, 4.69) is 20.6 Å². The first kappa shape index (κ1) is 15.9. The summed E-state index contributed by atoms with van der Waals surface area (Å²) in [4.78, 5) is 18.3. The van der Waals surface area contributed by atoms with Gasteiger partial charge in [0.15, 0.2) is 5.69 Å². The summed E-state index contributed by atoms with van der Waals surface area (Å²) in [6.45, 7) is 3.81. The SMILES string of the molecule is Cc1c(C(=O)N(C)c2ccc(Cl)cn2)nnn1C1CCNCC1. The van der Waals surface area contributed by atoms with Crippen LogP contribution in [0.2, 0.25) is 5.02 Å². The number of halogens is 1. The van der Waals surface area contributed by atoms with Gasteiger partial charge in [-0.25, -0.2) is 9.67 Å². The first-order valence-electron chi connectivity index (χ1n) is 7.60. The van der Waals surface area contributed by atoms with Crippen LogP contribution in [0, 0.1) is 6.92 Å². The average Bonchev–Trinajstić information content (AvgIpc) is 2.96. The molecule has 1 N–H and O–H groups in total. The van der Waals surface area contributed by atoms with Crippen molar-refractivity contribution in [2.45, 2.75) is 25.8 Å². The lowest BCUT2D eigenvalue weighted by molar-refractivity contribution is 0.0987. The van der Waals surface area contributed by atoms with Crippen molar-refractivity contribution < 1.29 is 4.79 Å². The molecule has 0 unspecified atom stereocenters. The molecule has 8 heteroatoms. The van der Waals surface area contributed by atoms with Crippen LogP contribution in [-0.2, 0) is 0 Å². The van der Waals surface area contributed by atoms with Crippen molar-refractivity contribution in [3.63, 3.8) is 0 Å². The zero-order chi connectivity index (χ0) is 16.4. The predicted molar refractivity (Wildman–Crippen MR) is 87.9 cm³/mol. The van der Waals surface area contributed by atoms with Gasteiger partial charge in [0.2, 0.25) is 0 Å². The number of rotatable bonds is 3. The van der Waals surface area contributed by atoms with Gasteiger partial charge >= 0.3 is 0 Å². The number of carbonyl (C=O) groups excluding carboxylic acids is 1. The lowest BCUT2D eigenvalue weighted by atomic mass is 10.1. The van der Waals surface area contributed by atoms with Crippen molar-refractivity contribution in [1.29, 1.82) is 0 Å². The van der Waals surface area contributed by atoms with Crippen molar-refractivity contribution in [1.82, 2.24) is 25.3 Å². The van der Waals surface area contributed by atoms with Crippen molar-refractivity contribution in [2.75, 3.05) is 25.0 Å². The Bertz CT molecular complexity index is 692. The van der Waals surface area contributed by atoms with Gasteiger partial charge in [-0.1, -0.05) is 16.8 Å². The van der Waals surface area contributed by atoms with E-state index >= 15 is 0 Å². The number of carbonyl (C=O) groups is 1. The van der Waals surface area contributed by atoms with Gasteiger partial charge in [0.1, 0.15) is 5.82 Å². The number of hydrogen-bond donors (Lipinski definition) is 1. The maximum atomic E-state index is 12.7. The maximum absolute atomic E-state index is 12.7. The molecule has 0 atom stereocenters. The minimum absolute atomic E-state index is 0.225. The highest BCUT2D eigenvalue weighted by molar-refractivity contribution is 6.30. The number of piperidine rings is 1. The van der Waals surface area contributed by atoms with Gasteiger partial charge in [0.05, 0.1) is 16.8 Å². The van der Waals surface area contributed by atoms with E-state index in [4.69, 9.17) is 11.6 Å². The van der Waals surface area contributed by atoms with Crippen LogP contribution in [0.3, 0.4) is 0 Å². The monoisotopic (exact) mass is 334 g/mol. The molecule has 1 amide bonds. The summed E-state index contributed by atoms with van der Waals surface area (Å²) in [6.07, 6.45) is 3.50. The Kier molecular flexibility index (Phi) is 4.58. The van der Waals surface area contributed by atoms with Crippen LogP contribution in [-0.4, -0.2) is 46.0 Å². The summed E-state index contributed by atoms with van der Waals surface area (Å²) in [5, 5.41) is 12.2. The van der Waals surface area contributed by atoms with E-state index in [1.807, 2.05) is 11.6 Å². The fourth-order valence-electron chi connectivity index (χ4n) is 2.77. The topological polar surface area (TPSA) is 75.9 Å². The highest BCUT2D eigenvalue weighted by Gasteiger charge is 2.25. The zero-order valence-corrected chi connectivity index (χ0v) is 13.9. The Labute approximate surface area is 139 Å². The minimum atomic E-state index is -0.225. The van der Waals surface area contributed by atoms with E-state index in [0.717, 1.165) is 31.6 Å². The number of amides is 1. The highest BCUT2D eigenvalue weighted by Crippen LogP contribution is 2.22. The summed E-state index contributed by atoms with van der Waals surface area (Å²) in [7, 11) is 1.67. The molecule has 1 aliphatic heterocycles. The number of pyridine rings is 1. The molecule has 1 saturated heterocycles. The van der Waals surface area contributed by atoms with E-state index in [0.29, 0.717) is 22.6 Å². The number of aromatic nitrogens is 4. The Hall–Kier alpha value is -1.99. The molecule has 0 saturated carbocycles. The molecule has 0 spiro atoms. The second-order valence-electron chi connectivity index (χ2n) is 5.65. The molecule has 0 aliphatic carbocycles. The zero-order valence-electron chi connectivity index (χ0n) is 13.2. The average molecular weight is 335 g/mol. The molecule has 122 valence electrons. The molecule has 23 heavy (non-hydrogen) atoms. The summed E-state index contributed by atoms with van der Waals surface area (Å²) < 4.78 is 1.87. The summed E-state index contributed by atoms with van der Waals surface area (Å²) >= 11 is 5.83. The lowest BCUT2D eigenvalue weighted by Crippen LogP contribution is -2.31. The number of nitrogens with one attached hydrogen (secondary N) is 1. The van der Waals surface area contributed by atoms with E-state index in [1.54, 1.807) is 19.2 Å². The maximum Gasteiger partial charge on any atom is 0.281 e. The van der Waals surface area contributed by atoms with E-state index < -0.39 is 0 Å². The van der Waals surface area contributed by atoms with Gasteiger partial charge in [0.25, 0.3) is 5.91 Å². The third-order valence-corrected chi connectivity index (χ3v) is 4.37. The van der Waals surface area contributed by atoms with Crippen molar-refractivity contribution in [3.05, 3.63) is 34.7 Å². The largest absolute Gasteiger partial charge is 0.317 e. The van der Waals surface area contributed by atoms with Gasteiger partial charge < -0.3 is 5.32 Å². The van der Waals surface area contributed by atoms with Crippen LogP contribution in [0.1, 0.15) is 35.1 Å². The van der Waals surface area contributed by atoms with Crippen molar-refractivity contribution in [3.8, 4) is 0 Å². The van der Waals surface area contributed by atoms with Crippen LogP contribution < -0.4 is 10.2 Å². The van der Waals surface area contributed by atoms with Crippen LogP contribution >= 0.6 is 11.6 Å². The number of anilines is 1. The fraction of sp³-hybridized carbons (Fsp3) is 0.467. The van der Waals surface area contributed by atoms with Gasteiger partial charge in [-0.15, -0.1) is 5.10 Å². The molecule has 0 radical (unpaired) electrons. The van der Waals surface area contributed by atoms with E-state index in [-0.39, 0.29) is 5.91 Å². The summed E-state index contributed by atoms with van der Waals surface area (Å²) in [5.74, 6) is 0.299. The van der Waals surface area contributed by atoms with Crippen LogP contribution in [0.15, 0.2) is 18.3 Å². The third-order valence-electron chi connectivity index (χ3n) is 4.14. The van der Waals surface area contributed by atoms with Crippen molar-refractivity contribution in [2.24, 2.45) is 0 Å². The first-order valence-corrected chi connectivity index (χ1v) is 7.98. The Morgan fingerprint density at radius 2 is 2.13 bits per heavy atom. The van der Waals surface area contributed by atoms with Gasteiger partial charge in [-0.2, -0.15) is 0 Å². The van der Waals surface area contributed by atoms with Gasteiger partial charge in [-0.05, 0) is 45.0 Å². The Morgan fingerprint density at radius 1 is 1.39 bits per heavy atom. The van der Waals surface area contributed by atoms with Crippen molar-refractivity contribution >= 4 is 23.3 Å². The third kappa shape index (κ3) is 3.20. The molecular weight excluding hydrogens is 316 g/mol. The Morgan fingerprint density at radius 3 is 2.78 bits per heavy atom. The molecule has 1 fully saturated rings. The minimum Gasteiger partial charge on any atom is -0.317 e.